The first-order valence-electron chi connectivity index (χ1n) is 14.9. The van der Waals surface area contributed by atoms with Crippen molar-refractivity contribution in [2.24, 2.45) is 5.73 Å². The fraction of sp³-hybridized carbons (Fsp3) is 0.158. The van der Waals surface area contributed by atoms with Crippen LogP contribution in [0.4, 0.5) is 13.2 Å². The molecule has 0 saturated carbocycles. The predicted octanol–water partition coefficient (Wildman–Crippen LogP) is 7.90. The van der Waals surface area contributed by atoms with E-state index in [0.717, 1.165) is 40.1 Å². The van der Waals surface area contributed by atoms with Crippen LogP contribution in [-0.2, 0) is 16.4 Å². The van der Waals surface area contributed by atoms with Gasteiger partial charge in [-0.1, -0.05) is 91.5 Å². The number of nitrogens with two attached hydrogens (primary N) is 1. The quantitative estimate of drug-likeness (QED) is 0.118. The molecule has 4 aromatic rings. The van der Waals surface area contributed by atoms with Gasteiger partial charge >= 0.3 is 6.18 Å². The fourth-order valence-electron chi connectivity index (χ4n) is 6.04. The van der Waals surface area contributed by atoms with Gasteiger partial charge in [0.05, 0.1) is 11.0 Å². The number of carbonyl (C=O) groups is 2. The highest BCUT2D eigenvalue weighted by Crippen LogP contribution is 2.51. The Kier molecular flexibility index (Phi) is 9.28. The zero-order valence-electron chi connectivity index (χ0n) is 25.3. The van der Waals surface area contributed by atoms with Crippen molar-refractivity contribution in [2.45, 2.75) is 31.4 Å². The van der Waals surface area contributed by atoms with E-state index in [1.165, 1.54) is 12.1 Å². The minimum Gasteiger partial charge on any atom is -0.385 e. The average Bonchev–Trinajstić information content (AvgIpc) is 3.35. The van der Waals surface area contributed by atoms with Crippen molar-refractivity contribution in [1.82, 2.24) is 10.6 Å². The van der Waals surface area contributed by atoms with E-state index in [1.54, 1.807) is 36.4 Å². The third kappa shape index (κ3) is 6.38. The molecular weight excluding hydrogens is 587 g/mol. The monoisotopic (exact) mass is 621 g/mol. The molecular formula is C38H34F3N3O2. The molecule has 2 amide bonds. The fourth-order valence-corrected chi connectivity index (χ4v) is 6.04. The first-order valence-corrected chi connectivity index (χ1v) is 14.9. The predicted molar refractivity (Wildman–Crippen MR) is 175 cm³/mol. The van der Waals surface area contributed by atoms with Gasteiger partial charge in [0.25, 0.3) is 5.91 Å². The molecule has 0 aromatic heterocycles. The third-order valence-electron chi connectivity index (χ3n) is 8.29. The van der Waals surface area contributed by atoms with Gasteiger partial charge in [-0.25, -0.2) is 0 Å². The average molecular weight is 622 g/mol. The summed E-state index contributed by atoms with van der Waals surface area (Å²) < 4.78 is 39.0. The molecule has 0 spiro atoms. The Labute approximate surface area is 266 Å². The number of carbonyl (C=O) groups excluding carboxylic acids is 2. The lowest BCUT2D eigenvalue weighted by Crippen LogP contribution is -2.41. The Morgan fingerprint density at radius 3 is 1.96 bits per heavy atom. The standard InChI is InChI=1S/C38H34F3N3O2/c1-3-28(43-24-10-23-37(36(42)46)33-15-8-6-12-30(33)31-13-7-9-16-34(31)37)22-17-25(2)44-35(45)32-14-5-4-11-29(32)26-18-20-27(21-19-26)38(39,40)41/h3-9,11-22,43H,2,10,23-24H2,1H3,(H2,42,46)(H,44,45)/b22-17-,28-3+. The topological polar surface area (TPSA) is 84.2 Å². The molecule has 0 bridgehead atoms. The number of rotatable bonds is 11. The van der Waals surface area contributed by atoms with Crippen molar-refractivity contribution in [3.05, 3.63) is 156 Å². The molecule has 0 saturated heterocycles. The molecule has 5 nitrogen and oxygen atoms in total. The molecule has 4 aromatic carbocycles. The summed E-state index contributed by atoms with van der Waals surface area (Å²) in [5.41, 5.74) is 10.8. The molecule has 1 aliphatic rings. The Morgan fingerprint density at radius 2 is 1.39 bits per heavy atom. The van der Waals surface area contributed by atoms with Crippen molar-refractivity contribution >= 4 is 11.8 Å². The third-order valence-corrected chi connectivity index (χ3v) is 8.29. The van der Waals surface area contributed by atoms with Crippen LogP contribution >= 0.6 is 0 Å². The highest BCUT2D eigenvalue weighted by atomic mass is 19.4. The summed E-state index contributed by atoms with van der Waals surface area (Å²) in [6.07, 6.45) is 2.08. The van der Waals surface area contributed by atoms with Crippen molar-refractivity contribution in [3.8, 4) is 22.3 Å². The molecule has 0 fully saturated rings. The highest BCUT2D eigenvalue weighted by Gasteiger charge is 2.47. The van der Waals surface area contributed by atoms with E-state index in [1.807, 2.05) is 61.5 Å². The number of hydrogen-bond donors (Lipinski definition) is 3. The molecule has 4 N–H and O–H groups in total. The number of primary amides is 1. The number of fused-ring (bicyclic) bond motifs is 3. The minimum atomic E-state index is -4.44. The molecule has 0 aliphatic heterocycles. The Balaban J connectivity index is 1.20. The van der Waals surface area contributed by atoms with Crippen molar-refractivity contribution < 1.29 is 22.8 Å². The van der Waals surface area contributed by atoms with Crippen LogP contribution in [0.15, 0.2) is 133 Å². The number of amides is 2. The maximum atomic E-state index is 13.1. The molecule has 5 rings (SSSR count). The number of allylic oxidation sites excluding steroid dienone is 3. The zero-order chi connectivity index (χ0) is 32.9. The van der Waals surface area contributed by atoms with Crippen LogP contribution in [-0.4, -0.2) is 18.4 Å². The van der Waals surface area contributed by atoms with E-state index in [0.29, 0.717) is 41.8 Å². The van der Waals surface area contributed by atoms with Crippen LogP contribution in [0.5, 0.6) is 0 Å². The summed E-state index contributed by atoms with van der Waals surface area (Å²) in [5.74, 6) is -0.808. The SMILES string of the molecule is C=C(/C=C\C(=C/C)NCCCC1(C(N)=O)c2ccccc2-c2ccccc21)NC(=O)c1ccccc1-c1ccc(C(F)(F)F)cc1. The largest absolute Gasteiger partial charge is 0.416 e. The van der Waals surface area contributed by atoms with Crippen LogP contribution < -0.4 is 16.4 Å². The van der Waals surface area contributed by atoms with Gasteiger partial charge in [0.1, 0.15) is 0 Å². The molecule has 0 radical (unpaired) electrons. The number of hydrogen-bond acceptors (Lipinski definition) is 3. The molecule has 8 heteroatoms. The smallest absolute Gasteiger partial charge is 0.385 e. The van der Waals surface area contributed by atoms with E-state index in [4.69, 9.17) is 5.73 Å². The molecule has 234 valence electrons. The summed E-state index contributed by atoms with van der Waals surface area (Å²) in [6, 6.07) is 27.2. The molecule has 0 heterocycles. The second-order valence-corrected chi connectivity index (χ2v) is 11.1. The van der Waals surface area contributed by atoms with Crippen LogP contribution in [0.25, 0.3) is 22.3 Å². The van der Waals surface area contributed by atoms with Crippen molar-refractivity contribution in [3.63, 3.8) is 0 Å². The van der Waals surface area contributed by atoms with E-state index in [2.05, 4.69) is 17.2 Å². The molecule has 0 unspecified atom stereocenters. The second-order valence-electron chi connectivity index (χ2n) is 11.1. The normalized spacial score (nSPS) is 13.6. The lowest BCUT2D eigenvalue weighted by atomic mass is 9.74. The van der Waals surface area contributed by atoms with Crippen LogP contribution in [0.3, 0.4) is 0 Å². The van der Waals surface area contributed by atoms with Gasteiger partial charge in [0.2, 0.25) is 5.91 Å². The number of nitrogens with one attached hydrogen (secondary N) is 2. The maximum absolute atomic E-state index is 13.1. The lowest BCUT2D eigenvalue weighted by Gasteiger charge is -2.28. The molecule has 46 heavy (non-hydrogen) atoms. The van der Waals surface area contributed by atoms with Crippen LogP contribution in [0, 0.1) is 0 Å². The Hall–Kier alpha value is -5.37. The Morgan fingerprint density at radius 1 is 0.826 bits per heavy atom. The van der Waals surface area contributed by atoms with Crippen LogP contribution in [0.2, 0.25) is 0 Å². The summed E-state index contributed by atoms with van der Waals surface area (Å²) in [7, 11) is 0. The second kappa shape index (κ2) is 13.3. The minimum absolute atomic E-state index is 0.305. The van der Waals surface area contributed by atoms with E-state index in [9.17, 15) is 22.8 Å². The van der Waals surface area contributed by atoms with E-state index < -0.39 is 23.1 Å². The number of benzene rings is 4. The van der Waals surface area contributed by atoms with Crippen molar-refractivity contribution in [1.29, 1.82) is 0 Å². The van der Waals surface area contributed by atoms with Gasteiger partial charge in [-0.05, 0) is 83.5 Å². The summed E-state index contributed by atoms with van der Waals surface area (Å²) in [5, 5.41) is 6.13. The first-order chi connectivity index (χ1) is 22.1. The Bertz CT molecular complexity index is 1790. The lowest BCUT2D eigenvalue weighted by molar-refractivity contribution is -0.137. The van der Waals surface area contributed by atoms with Crippen LogP contribution in [0.1, 0.15) is 46.8 Å². The summed E-state index contributed by atoms with van der Waals surface area (Å²) in [6.45, 7) is 6.39. The van der Waals surface area contributed by atoms with Gasteiger partial charge in [-0.2, -0.15) is 13.2 Å². The van der Waals surface area contributed by atoms with E-state index in [-0.39, 0.29) is 5.91 Å². The van der Waals surface area contributed by atoms with Gasteiger partial charge < -0.3 is 16.4 Å². The van der Waals surface area contributed by atoms with Crippen molar-refractivity contribution in [2.75, 3.05) is 6.54 Å². The zero-order valence-corrected chi connectivity index (χ0v) is 25.3. The highest BCUT2D eigenvalue weighted by molar-refractivity contribution is 6.02. The molecule has 0 atom stereocenters. The van der Waals surface area contributed by atoms with Gasteiger partial charge in [-0.3, -0.25) is 9.59 Å². The molecule has 1 aliphatic carbocycles. The summed E-state index contributed by atoms with van der Waals surface area (Å²) in [4.78, 5) is 26.2. The van der Waals surface area contributed by atoms with E-state index >= 15 is 0 Å². The summed E-state index contributed by atoms with van der Waals surface area (Å²) >= 11 is 0. The van der Waals surface area contributed by atoms with Gasteiger partial charge in [0, 0.05) is 23.5 Å². The first kappa shape index (κ1) is 32.0. The maximum Gasteiger partial charge on any atom is 0.416 e. The number of alkyl halides is 3. The number of halogens is 3. The van der Waals surface area contributed by atoms with Gasteiger partial charge in [0.15, 0.2) is 0 Å². The van der Waals surface area contributed by atoms with Gasteiger partial charge in [-0.15, -0.1) is 0 Å².